The third-order valence-corrected chi connectivity index (χ3v) is 4.16. The number of benzene rings is 1. The van der Waals surface area contributed by atoms with Crippen LogP contribution in [0.2, 0.25) is 0 Å². The summed E-state index contributed by atoms with van der Waals surface area (Å²) in [5.41, 5.74) is 1.43. The monoisotopic (exact) mass is 231 g/mol. The van der Waals surface area contributed by atoms with Crippen molar-refractivity contribution in [3.8, 4) is 0 Å². The van der Waals surface area contributed by atoms with E-state index in [1.807, 2.05) is 0 Å². The molecule has 0 saturated heterocycles. The molecule has 0 bridgehead atoms. The molecular weight excluding hydrogens is 206 g/mol. The first kappa shape index (κ1) is 12.6. The molecule has 0 radical (unpaired) electrons. The van der Waals surface area contributed by atoms with Crippen LogP contribution in [0, 0.1) is 11.8 Å². The molecule has 1 fully saturated rings. The molecule has 1 N–H and O–H groups in total. The largest absolute Gasteiger partial charge is 0.307 e. The number of hydrogen-bond acceptors (Lipinski definition) is 1. The van der Waals surface area contributed by atoms with E-state index >= 15 is 0 Å². The number of hydrogen-bond donors (Lipinski definition) is 1. The average Bonchev–Trinajstić information content (AvgIpc) is 2.28. The number of nitrogens with one attached hydrogen (secondary N) is 1. The molecule has 1 atom stereocenters. The van der Waals surface area contributed by atoms with Gasteiger partial charge in [0.15, 0.2) is 0 Å². The maximum atomic E-state index is 3.80. The summed E-state index contributed by atoms with van der Waals surface area (Å²) in [7, 11) is 0. The molecule has 1 aliphatic rings. The molecule has 1 heteroatoms. The van der Waals surface area contributed by atoms with E-state index in [4.69, 9.17) is 0 Å². The van der Waals surface area contributed by atoms with Gasteiger partial charge >= 0.3 is 0 Å². The van der Waals surface area contributed by atoms with Crippen LogP contribution in [0.1, 0.15) is 51.6 Å². The Hall–Kier alpha value is -0.820. The van der Waals surface area contributed by atoms with Crippen LogP contribution < -0.4 is 5.32 Å². The predicted molar refractivity (Wildman–Crippen MR) is 74.0 cm³/mol. The smallest absolute Gasteiger partial charge is 0.0320 e. The van der Waals surface area contributed by atoms with Crippen LogP contribution in [-0.4, -0.2) is 6.04 Å². The first-order valence-electron chi connectivity index (χ1n) is 7.01. The Kier molecular flexibility index (Phi) is 4.22. The zero-order chi connectivity index (χ0) is 12.3. The van der Waals surface area contributed by atoms with Crippen molar-refractivity contribution in [3.05, 3.63) is 35.9 Å². The minimum atomic E-state index is 0.536. The second-order valence-electron chi connectivity index (χ2n) is 5.71. The first-order chi connectivity index (χ1) is 8.20. The summed E-state index contributed by atoms with van der Waals surface area (Å²) in [4.78, 5) is 0. The molecule has 0 amide bonds. The van der Waals surface area contributed by atoms with Gasteiger partial charge in [0.05, 0.1) is 0 Å². The SMILES string of the molecule is CCC(NC1CC(C(C)C)C1)c1ccccc1. The zero-order valence-electron chi connectivity index (χ0n) is 11.3. The highest BCUT2D eigenvalue weighted by atomic mass is 15.0. The topological polar surface area (TPSA) is 12.0 Å². The van der Waals surface area contributed by atoms with E-state index in [1.165, 1.54) is 24.8 Å². The standard InChI is InChI=1S/C16H25N/c1-4-16(13-8-6-5-7-9-13)17-15-10-14(11-15)12(2)3/h5-9,12,14-17H,4,10-11H2,1-3H3. The van der Waals surface area contributed by atoms with Crippen molar-refractivity contribution in [3.63, 3.8) is 0 Å². The van der Waals surface area contributed by atoms with E-state index in [1.54, 1.807) is 0 Å². The van der Waals surface area contributed by atoms with Crippen LogP contribution in [0.25, 0.3) is 0 Å². The van der Waals surface area contributed by atoms with E-state index in [9.17, 15) is 0 Å². The normalized spacial score (nSPS) is 25.6. The highest BCUT2D eigenvalue weighted by Crippen LogP contribution is 2.35. The molecule has 94 valence electrons. The summed E-state index contributed by atoms with van der Waals surface area (Å²) in [6, 6.07) is 12.1. The van der Waals surface area contributed by atoms with E-state index in [0.29, 0.717) is 6.04 Å². The lowest BCUT2D eigenvalue weighted by molar-refractivity contribution is 0.156. The lowest BCUT2D eigenvalue weighted by Gasteiger charge is -2.40. The van der Waals surface area contributed by atoms with Gasteiger partial charge in [0.2, 0.25) is 0 Å². The van der Waals surface area contributed by atoms with Crippen molar-refractivity contribution in [2.24, 2.45) is 11.8 Å². The fourth-order valence-corrected chi connectivity index (χ4v) is 2.76. The van der Waals surface area contributed by atoms with Gasteiger partial charge in [-0.05, 0) is 36.7 Å². The lowest BCUT2D eigenvalue weighted by atomic mass is 9.73. The number of rotatable bonds is 5. The van der Waals surface area contributed by atoms with Gasteiger partial charge in [0.25, 0.3) is 0 Å². The maximum absolute atomic E-state index is 3.80. The quantitative estimate of drug-likeness (QED) is 0.802. The Balaban J connectivity index is 1.86. The van der Waals surface area contributed by atoms with Gasteiger partial charge in [-0.1, -0.05) is 51.1 Å². The molecule has 1 aromatic rings. The molecule has 2 rings (SSSR count). The molecule has 0 aliphatic heterocycles. The molecule has 0 heterocycles. The Morgan fingerprint density at radius 2 is 1.82 bits per heavy atom. The first-order valence-corrected chi connectivity index (χ1v) is 7.01. The summed E-state index contributed by atoms with van der Waals surface area (Å²) in [6.45, 7) is 6.95. The summed E-state index contributed by atoms with van der Waals surface area (Å²) in [5, 5.41) is 3.80. The molecule has 1 aliphatic carbocycles. The van der Waals surface area contributed by atoms with Crippen molar-refractivity contribution >= 4 is 0 Å². The van der Waals surface area contributed by atoms with Crippen molar-refractivity contribution in [1.82, 2.24) is 5.32 Å². The molecule has 1 aromatic carbocycles. The van der Waals surface area contributed by atoms with E-state index in [2.05, 4.69) is 56.4 Å². The Labute approximate surface area is 106 Å². The van der Waals surface area contributed by atoms with Gasteiger partial charge in [-0.15, -0.1) is 0 Å². The van der Waals surface area contributed by atoms with Gasteiger partial charge in [0, 0.05) is 12.1 Å². The highest BCUT2D eigenvalue weighted by Gasteiger charge is 2.32. The summed E-state index contributed by atoms with van der Waals surface area (Å²) in [6.07, 6.45) is 3.90. The van der Waals surface area contributed by atoms with Crippen molar-refractivity contribution in [1.29, 1.82) is 0 Å². The summed E-state index contributed by atoms with van der Waals surface area (Å²) in [5.74, 6) is 1.80. The third kappa shape index (κ3) is 3.10. The molecule has 1 nitrogen and oxygen atoms in total. The van der Waals surface area contributed by atoms with E-state index in [-0.39, 0.29) is 0 Å². The van der Waals surface area contributed by atoms with Crippen LogP contribution in [-0.2, 0) is 0 Å². The van der Waals surface area contributed by atoms with Crippen molar-refractivity contribution < 1.29 is 0 Å². The Bertz CT molecular complexity index is 325. The molecule has 0 spiro atoms. The van der Waals surface area contributed by atoms with Crippen LogP contribution in [0.5, 0.6) is 0 Å². The van der Waals surface area contributed by atoms with Crippen LogP contribution >= 0.6 is 0 Å². The molecular formula is C16H25N. The highest BCUT2D eigenvalue weighted by molar-refractivity contribution is 5.19. The Morgan fingerprint density at radius 1 is 1.18 bits per heavy atom. The fourth-order valence-electron chi connectivity index (χ4n) is 2.76. The second kappa shape index (κ2) is 5.68. The van der Waals surface area contributed by atoms with E-state index in [0.717, 1.165) is 17.9 Å². The van der Waals surface area contributed by atoms with Gasteiger partial charge in [0.1, 0.15) is 0 Å². The minimum absolute atomic E-state index is 0.536. The van der Waals surface area contributed by atoms with Crippen LogP contribution in [0.15, 0.2) is 30.3 Å². The molecule has 0 aromatic heterocycles. The van der Waals surface area contributed by atoms with Crippen LogP contribution in [0.3, 0.4) is 0 Å². The zero-order valence-corrected chi connectivity index (χ0v) is 11.3. The van der Waals surface area contributed by atoms with Crippen molar-refractivity contribution in [2.75, 3.05) is 0 Å². The summed E-state index contributed by atoms with van der Waals surface area (Å²) < 4.78 is 0. The van der Waals surface area contributed by atoms with Crippen LogP contribution in [0.4, 0.5) is 0 Å². The minimum Gasteiger partial charge on any atom is -0.307 e. The maximum Gasteiger partial charge on any atom is 0.0320 e. The van der Waals surface area contributed by atoms with E-state index < -0.39 is 0 Å². The fraction of sp³-hybridized carbons (Fsp3) is 0.625. The third-order valence-electron chi connectivity index (χ3n) is 4.16. The van der Waals surface area contributed by atoms with Crippen molar-refractivity contribution in [2.45, 2.75) is 52.1 Å². The molecule has 17 heavy (non-hydrogen) atoms. The van der Waals surface area contributed by atoms with Gasteiger partial charge in [-0.25, -0.2) is 0 Å². The lowest BCUT2D eigenvalue weighted by Crippen LogP contribution is -2.44. The average molecular weight is 231 g/mol. The van der Waals surface area contributed by atoms with Gasteiger partial charge in [-0.3, -0.25) is 0 Å². The van der Waals surface area contributed by atoms with Gasteiger partial charge in [-0.2, -0.15) is 0 Å². The Morgan fingerprint density at radius 3 is 2.35 bits per heavy atom. The second-order valence-corrected chi connectivity index (χ2v) is 5.71. The summed E-state index contributed by atoms with van der Waals surface area (Å²) >= 11 is 0. The molecule has 1 saturated carbocycles. The van der Waals surface area contributed by atoms with Gasteiger partial charge < -0.3 is 5.32 Å². The predicted octanol–water partition coefficient (Wildman–Crippen LogP) is 4.16. The molecule has 1 unspecified atom stereocenters.